The minimum Gasteiger partial charge on any atom is -0.324 e. The van der Waals surface area contributed by atoms with E-state index in [9.17, 15) is 13.2 Å². The molecule has 0 spiro atoms. The molecular formula is C15H17ClF3N. The van der Waals surface area contributed by atoms with Gasteiger partial charge in [0, 0.05) is 12.5 Å². The summed E-state index contributed by atoms with van der Waals surface area (Å²) in [5.74, 6) is 0. The van der Waals surface area contributed by atoms with E-state index in [-0.39, 0.29) is 18.8 Å². The lowest BCUT2D eigenvalue weighted by Gasteiger charge is -2.16. The van der Waals surface area contributed by atoms with Crippen molar-refractivity contribution in [2.45, 2.75) is 32.0 Å². The number of alkyl halides is 3. The van der Waals surface area contributed by atoms with Crippen LogP contribution in [0.1, 0.15) is 30.0 Å². The van der Waals surface area contributed by atoms with Gasteiger partial charge in [0.2, 0.25) is 0 Å². The van der Waals surface area contributed by atoms with Gasteiger partial charge in [0.25, 0.3) is 0 Å². The molecule has 0 aliphatic heterocycles. The van der Waals surface area contributed by atoms with E-state index in [1.165, 1.54) is 0 Å². The maximum absolute atomic E-state index is 12.3. The Hall–Kier alpha value is -1.26. The monoisotopic (exact) mass is 303 g/mol. The Morgan fingerprint density at radius 1 is 1.05 bits per heavy atom. The molecule has 0 heterocycles. The van der Waals surface area contributed by atoms with E-state index in [4.69, 9.17) is 5.73 Å². The topological polar surface area (TPSA) is 26.0 Å². The number of rotatable bonds is 3. The average Bonchev–Trinajstić information content (AvgIpc) is 2.36. The predicted octanol–water partition coefficient (Wildman–Crippen LogP) is 4.91. The molecule has 2 rings (SSSR count). The largest absolute Gasteiger partial charge is 0.389 e. The fourth-order valence-corrected chi connectivity index (χ4v) is 2.27. The van der Waals surface area contributed by atoms with Crippen LogP contribution in [0, 0.1) is 6.92 Å². The van der Waals surface area contributed by atoms with Crippen molar-refractivity contribution in [3.05, 3.63) is 47.5 Å². The molecule has 2 aromatic rings. The summed E-state index contributed by atoms with van der Waals surface area (Å²) in [5.41, 5.74) is 7.80. The minimum absolute atomic E-state index is 0. The molecule has 0 bridgehead atoms. The van der Waals surface area contributed by atoms with Crippen LogP contribution in [0.3, 0.4) is 0 Å². The standard InChI is InChI=1S/C15H16F3N.ClH/c1-10-6-7-13(12-5-3-2-4-11(10)12)14(19)8-9-15(16,17)18;/h2-7,14H,8-9,19H2,1H3;1H/t14-;/m0./s1. The summed E-state index contributed by atoms with van der Waals surface area (Å²) in [6.45, 7) is 1.98. The Kier molecular flexibility index (Phi) is 5.42. The first-order valence-corrected chi connectivity index (χ1v) is 6.19. The maximum Gasteiger partial charge on any atom is 0.389 e. The van der Waals surface area contributed by atoms with Crippen molar-refractivity contribution in [1.82, 2.24) is 0 Å². The van der Waals surface area contributed by atoms with Gasteiger partial charge in [-0.1, -0.05) is 36.4 Å². The highest BCUT2D eigenvalue weighted by atomic mass is 35.5. The minimum atomic E-state index is -4.15. The lowest BCUT2D eigenvalue weighted by Crippen LogP contribution is -2.16. The molecule has 0 aliphatic carbocycles. The van der Waals surface area contributed by atoms with Gasteiger partial charge >= 0.3 is 6.18 Å². The molecule has 20 heavy (non-hydrogen) atoms. The molecule has 0 saturated heterocycles. The third kappa shape index (κ3) is 3.87. The molecule has 0 radical (unpaired) electrons. The zero-order valence-corrected chi connectivity index (χ0v) is 11.9. The van der Waals surface area contributed by atoms with Gasteiger partial charge in [0.05, 0.1) is 0 Å². The van der Waals surface area contributed by atoms with E-state index in [0.29, 0.717) is 0 Å². The fraction of sp³-hybridized carbons (Fsp3) is 0.333. The summed E-state index contributed by atoms with van der Waals surface area (Å²) in [6, 6.07) is 10.8. The number of halogens is 4. The summed E-state index contributed by atoms with van der Waals surface area (Å²) in [5, 5.41) is 1.99. The summed E-state index contributed by atoms with van der Waals surface area (Å²) in [7, 11) is 0. The lowest BCUT2D eigenvalue weighted by molar-refractivity contribution is -0.136. The number of benzene rings is 2. The van der Waals surface area contributed by atoms with Gasteiger partial charge in [-0.3, -0.25) is 0 Å². The van der Waals surface area contributed by atoms with Crippen molar-refractivity contribution < 1.29 is 13.2 Å². The van der Waals surface area contributed by atoms with Crippen LogP contribution in [0.4, 0.5) is 13.2 Å². The second-order valence-corrected chi connectivity index (χ2v) is 4.78. The molecule has 1 atom stereocenters. The van der Waals surface area contributed by atoms with Crippen molar-refractivity contribution in [1.29, 1.82) is 0 Å². The van der Waals surface area contributed by atoms with Gasteiger partial charge in [-0.25, -0.2) is 0 Å². The van der Waals surface area contributed by atoms with Crippen LogP contribution in [0.15, 0.2) is 36.4 Å². The number of fused-ring (bicyclic) bond motifs is 1. The molecule has 0 saturated carbocycles. The number of nitrogens with two attached hydrogens (primary N) is 1. The SMILES string of the molecule is Cc1ccc([C@@H](N)CCC(F)(F)F)c2ccccc12.Cl. The second-order valence-electron chi connectivity index (χ2n) is 4.78. The molecule has 0 aromatic heterocycles. The highest BCUT2D eigenvalue weighted by Crippen LogP contribution is 2.31. The van der Waals surface area contributed by atoms with Crippen molar-refractivity contribution in [2.75, 3.05) is 0 Å². The number of hydrogen-bond donors (Lipinski definition) is 1. The van der Waals surface area contributed by atoms with E-state index >= 15 is 0 Å². The third-order valence-corrected chi connectivity index (χ3v) is 3.31. The van der Waals surface area contributed by atoms with E-state index in [1.54, 1.807) is 0 Å². The fourth-order valence-electron chi connectivity index (χ4n) is 2.27. The van der Waals surface area contributed by atoms with Gasteiger partial charge in [-0.15, -0.1) is 12.4 Å². The summed E-state index contributed by atoms with van der Waals surface area (Å²) >= 11 is 0. The predicted molar refractivity (Wildman–Crippen MR) is 78.2 cm³/mol. The molecule has 0 unspecified atom stereocenters. The van der Waals surface area contributed by atoms with Gasteiger partial charge in [-0.2, -0.15) is 13.2 Å². The van der Waals surface area contributed by atoms with Crippen molar-refractivity contribution in [2.24, 2.45) is 5.73 Å². The molecule has 0 amide bonds. The molecular weight excluding hydrogens is 287 g/mol. The van der Waals surface area contributed by atoms with Crippen LogP contribution in [0.25, 0.3) is 10.8 Å². The maximum atomic E-state index is 12.3. The van der Waals surface area contributed by atoms with Gasteiger partial charge in [0.1, 0.15) is 0 Å². The molecule has 110 valence electrons. The molecule has 2 N–H and O–H groups in total. The van der Waals surface area contributed by atoms with Crippen LogP contribution in [-0.4, -0.2) is 6.18 Å². The van der Waals surface area contributed by atoms with Crippen LogP contribution < -0.4 is 5.73 Å². The number of hydrogen-bond acceptors (Lipinski definition) is 1. The highest BCUT2D eigenvalue weighted by molar-refractivity contribution is 5.88. The van der Waals surface area contributed by atoms with Crippen molar-refractivity contribution in [3.63, 3.8) is 0 Å². The Morgan fingerprint density at radius 3 is 2.25 bits per heavy atom. The van der Waals surface area contributed by atoms with E-state index in [0.717, 1.165) is 21.9 Å². The first-order chi connectivity index (χ1) is 8.88. The Morgan fingerprint density at radius 2 is 1.65 bits per heavy atom. The molecule has 2 aromatic carbocycles. The van der Waals surface area contributed by atoms with Gasteiger partial charge in [-0.05, 0) is 35.2 Å². The summed E-state index contributed by atoms with van der Waals surface area (Å²) in [6.07, 6.45) is -5.09. The van der Waals surface area contributed by atoms with Gasteiger partial charge in [0.15, 0.2) is 0 Å². The van der Waals surface area contributed by atoms with E-state index in [2.05, 4.69) is 0 Å². The summed E-state index contributed by atoms with van der Waals surface area (Å²) in [4.78, 5) is 0. The van der Waals surface area contributed by atoms with Gasteiger partial charge < -0.3 is 5.73 Å². The Balaban J connectivity index is 0.00000200. The zero-order valence-electron chi connectivity index (χ0n) is 11.1. The third-order valence-electron chi connectivity index (χ3n) is 3.31. The van der Waals surface area contributed by atoms with E-state index in [1.807, 2.05) is 43.3 Å². The van der Waals surface area contributed by atoms with Crippen LogP contribution in [0.2, 0.25) is 0 Å². The highest BCUT2D eigenvalue weighted by Gasteiger charge is 2.28. The first-order valence-electron chi connectivity index (χ1n) is 6.19. The number of aryl methyl sites for hydroxylation is 1. The normalized spacial score (nSPS) is 13.1. The Bertz CT molecular complexity index is 581. The smallest absolute Gasteiger partial charge is 0.324 e. The molecule has 5 heteroatoms. The van der Waals surface area contributed by atoms with Crippen LogP contribution >= 0.6 is 12.4 Å². The van der Waals surface area contributed by atoms with Crippen LogP contribution in [0.5, 0.6) is 0 Å². The second kappa shape index (κ2) is 6.46. The lowest BCUT2D eigenvalue weighted by atomic mass is 9.94. The average molecular weight is 304 g/mol. The van der Waals surface area contributed by atoms with Crippen molar-refractivity contribution >= 4 is 23.2 Å². The molecule has 0 aliphatic rings. The Labute approximate surface area is 122 Å². The quantitative estimate of drug-likeness (QED) is 0.856. The van der Waals surface area contributed by atoms with E-state index < -0.39 is 18.6 Å². The molecule has 1 nitrogen and oxygen atoms in total. The summed E-state index contributed by atoms with van der Waals surface area (Å²) < 4.78 is 36.8. The molecule has 0 fully saturated rings. The van der Waals surface area contributed by atoms with Crippen molar-refractivity contribution in [3.8, 4) is 0 Å². The first kappa shape index (κ1) is 16.8. The zero-order chi connectivity index (χ0) is 14.0. The van der Waals surface area contributed by atoms with Crippen LogP contribution in [-0.2, 0) is 0 Å².